The summed E-state index contributed by atoms with van der Waals surface area (Å²) in [5.74, 6) is 0.544. The van der Waals surface area contributed by atoms with E-state index >= 15 is 0 Å². The average Bonchev–Trinajstić information content (AvgIpc) is 2.92. The first kappa shape index (κ1) is 19.1. The van der Waals surface area contributed by atoms with Gasteiger partial charge in [0.15, 0.2) is 5.78 Å². The minimum atomic E-state index is -0.176. The molecule has 0 N–H and O–H groups in total. The number of carbonyl (C=O) groups excluding carboxylic acids is 1. The number of rotatable bonds is 5. The Morgan fingerprint density at radius 3 is 2.59 bits per heavy atom. The van der Waals surface area contributed by atoms with Crippen molar-refractivity contribution in [2.75, 3.05) is 6.61 Å². The number of hydrogen-bond donors (Lipinski definition) is 0. The molecule has 1 heterocycles. The Balaban J connectivity index is 2.06. The first-order chi connectivity index (χ1) is 13.0. The van der Waals surface area contributed by atoms with Crippen molar-refractivity contribution in [1.29, 1.82) is 0 Å². The summed E-state index contributed by atoms with van der Waals surface area (Å²) >= 11 is 7.13. The van der Waals surface area contributed by atoms with Crippen LogP contribution in [0.1, 0.15) is 22.8 Å². The zero-order valence-corrected chi connectivity index (χ0v) is 16.5. The Bertz CT molecular complexity index is 1140. The number of halogens is 1. The van der Waals surface area contributed by atoms with Gasteiger partial charge in [0.05, 0.1) is 11.1 Å². The Kier molecular flexibility index (Phi) is 5.94. The maximum atomic E-state index is 12.6. The molecule has 0 spiro atoms. The van der Waals surface area contributed by atoms with Crippen LogP contribution in [-0.4, -0.2) is 17.0 Å². The molecule has 0 atom stereocenters. The second-order valence-corrected chi connectivity index (χ2v) is 7.30. The number of ketones is 1. The third-order valence-corrected chi connectivity index (χ3v) is 5.31. The van der Waals surface area contributed by atoms with Gasteiger partial charge in [-0.2, -0.15) is 0 Å². The van der Waals surface area contributed by atoms with Gasteiger partial charge in [-0.25, -0.2) is 0 Å². The van der Waals surface area contributed by atoms with Gasteiger partial charge in [-0.3, -0.25) is 9.59 Å². The Labute approximate surface area is 165 Å². The third kappa shape index (κ3) is 4.38. The Morgan fingerprint density at radius 1 is 1.19 bits per heavy atom. The molecule has 27 heavy (non-hydrogen) atoms. The van der Waals surface area contributed by atoms with Crippen LogP contribution in [0.4, 0.5) is 0 Å². The molecule has 138 valence electrons. The smallest absolute Gasteiger partial charge is 0.268 e. The number of ether oxygens (including phenoxy) is 1. The van der Waals surface area contributed by atoms with Crippen molar-refractivity contribution in [3.8, 4) is 5.75 Å². The molecule has 3 rings (SSSR count). The Morgan fingerprint density at radius 2 is 1.89 bits per heavy atom. The van der Waals surface area contributed by atoms with Crippen molar-refractivity contribution in [3.05, 3.63) is 84.2 Å². The molecule has 0 unspecified atom stereocenters. The van der Waals surface area contributed by atoms with Crippen LogP contribution >= 0.6 is 22.9 Å². The second kappa shape index (κ2) is 8.37. The minimum absolute atomic E-state index is 0.151. The highest BCUT2D eigenvalue weighted by molar-refractivity contribution is 7.07. The van der Waals surface area contributed by atoms with E-state index in [-0.39, 0.29) is 11.3 Å². The van der Waals surface area contributed by atoms with Crippen molar-refractivity contribution >= 4 is 40.9 Å². The molecule has 0 saturated carbocycles. The molecule has 1 aromatic heterocycles. The summed E-state index contributed by atoms with van der Waals surface area (Å²) in [6.45, 7) is 2.46. The summed E-state index contributed by atoms with van der Waals surface area (Å²) < 4.78 is 8.21. The number of para-hydroxylation sites is 1. The van der Waals surface area contributed by atoms with E-state index in [0.717, 1.165) is 11.3 Å². The van der Waals surface area contributed by atoms with Gasteiger partial charge >= 0.3 is 0 Å². The third-order valence-electron chi connectivity index (χ3n) is 3.95. The molecule has 0 aliphatic heterocycles. The van der Waals surface area contributed by atoms with Crippen LogP contribution in [0.3, 0.4) is 0 Å². The maximum Gasteiger partial charge on any atom is 0.268 e. The standard InChI is InChI=1S/C21H18ClNO3S/c1-3-26-18-7-5-4-6-15(18)12-19-21(25)23(2)20(27-19)13-17(24)14-8-10-16(22)11-9-14/h4-13H,3H2,1-2H3/b19-12-,20-13-. The monoisotopic (exact) mass is 399 g/mol. The van der Waals surface area contributed by atoms with Crippen molar-refractivity contribution < 1.29 is 9.53 Å². The van der Waals surface area contributed by atoms with Gasteiger partial charge in [0.1, 0.15) is 10.4 Å². The van der Waals surface area contributed by atoms with Gasteiger partial charge in [-0.15, -0.1) is 11.3 Å². The van der Waals surface area contributed by atoms with E-state index in [1.165, 1.54) is 22.0 Å². The molecule has 0 aliphatic carbocycles. The lowest BCUT2D eigenvalue weighted by Gasteiger charge is -2.05. The summed E-state index contributed by atoms with van der Waals surface area (Å²) in [4.78, 5) is 25.0. The van der Waals surface area contributed by atoms with E-state index in [0.29, 0.717) is 26.4 Å². The van der Waals surface area contributed by atoms with Gasteiger partial charge < -0.3 is 9.30 Å². The molecule has 0 saturated heterocycles. The van der Waals surface area contributed by atoms with Gasteiger partial charge in [0.2, 0.25) is 0 Å². The largest absolute Gasteiger partial charge is 0.493 e. The SMILES string of the molecule is CCOc1ccccc1/C=c1\s/c(=C\C(=O)c2ccc(Cl)cc2)n(C)c1=O. The van der Waals surface area contributed by atoms with Crippen LogP contribution in [0.2, 0.25) is 5.02 Å². The molecule has 0 bridgehead atoms. The lowest BCUT2D eigenvalue weighted by Crippen LogP contribution is -2.29. The molecule has 0 radical (unpaired) electrons. The van der Waals surface area contributed by atoms with Crippen LogP contribution in [0, 0.1) is 0 Å². The lowest BCUT2D eigenvalue weighted by molar-refractivity contribution is 0.106. The zero-order chi connectivity index (χ0) is 19.4. The van der Waals surface area contributed by atoms with Gasteiger partial charge in [0, 0.05) is 29.3 Å². The summed E-state index contributed by atoms with van der Waals surface area (Å²) in [7, 11) is 1.66. The lowest BCUT2D eigenvalue weighted by atomic mass is 10.1. The van der Waals surface area contributed by atoms with Crippen LogP contribution in [0.25, 0.3) is 12.2 Å². The van der Waals surface area contributed by atoms with E-state index < -0.39 is 0 Å². The highest BCUT2D eigenvalue weighted by atomic mass is 35.5. The molecular formula is C21H18ClNO3S. The molecule has 6 heteroatoms. The fraction of sp³-hybridized carbons (Fsp3) is 0.143. The van der Waals surface area contributed by atoms with E-state index in [9.17, 15) is 9.59 Å². The summed E-state index contributed by atoms with van der Waals surface area (Å²) in [6, 6.07) is 14.2. The predicted octanol–water partition coefficient (Wildman–Crippen LogP) is 2.99. The number of nitrogens with zero attached hydrogens (tertiary/aromatic N) is 1. The fourth-order valence-electron chi connectivity index (χ4n) is 2.55. The molecule has 2 aromatic carbocycles. The Hall–Kier alpha value is -2.63. The first-order valence-corrected chi connectivity index (χ1v) is 9.60. The number of thiazole rings is 1. The summed E-state index contributed by atoms with van der Waals surface area (Å²) in [6.07, 6.45) is 3.27. The van der Waals surface area contributed by atoms with Crippen LogP contribution < -0.4 is 19.5 Å². The minimum Gasteiger partial charge on any atom is -0.493 e. The normalized spacial score (nSPS) is 12.4. The van der Waals surface area contributed by atoms with Crippen molar-refractivity contribution in [1.82, 2.24) is 4.57 Å². The molecule has 0 amide bonds. The topological polar surface area (TPSA) is 48.3 Å². The predicted molar refractivity (Wildman–Crippen MR) is 110 cm³/mol. The number of benzene rings is 2. The number of Topliss-reactive ketones (excluding diaryl/α,β-unsaturated/α-hetero) is 1. The van der Waals surface area contributed by atoms with Crippen molar-refractivity contribution in [2.45, 2.75) is 6.92 Å². The molecular weight excluding hydrogens is 382 g/mol. The van der Waals surface area contributed by atoms with Crippen LogP contribution in [0.15, 0.2) is 53.3 Å². The second-order valence-electron chi connectivity index (χ2n) is 5.80. The van der Waals surface area contributed by atoms with Crippen LogP contribution in [0.5, 0.6) is 5.75 Å². The summed E-state index contributed by atoms with van der Waals surface area (Å²) in [5, 5.41) is 0.569. The van der Waals surface area contributed by atoms with Gasteiger partial charge in [-0.1, -0.05) is 29.8 Å². The maximum absolute atomic E-state index is 12.6. The van der Waals surface area contributed by atoms with Crippen molar-refractivity contribution in [3.63, 3.8) is 0 Å². The average molecular weight is 400 g/mol. The highest BCUT2D eigenvalue weighted by Gasteiger charge is 2.07. The number of aromatic nitrogens is 1. The van der Waals surface area contributed by atoms with E-state index in [1.54, 1.807) is 37.4 Å². The molecule has 0 aliphatic rings. The molecule has 4 nitrogen and oxygen atoms in total. The van der Waals surface area contributed by atoms with Gasteiger partial charge in [-0.05, 0) is 43.3 Å². The molecule has 0 fully saturated rings. The van der Waals surface area contributed by atoms with E-state index in [4.69, 9.17) is 16.3 Å². The van der Waals surface area contributed by atoms with E-state index in [2.05, 4.69) is 0 Å². The fourth-order valence-corrected chi connectivity index (χ4v) is 3.69. The van der Waals surface area contributed by atoms with Gasteiger partial charge in [0.25, 0.3) is 5.56 Å². The zero-order valence-electron chi connectivity index (χ0n) is 14.9. The van der Waals surface area contributed by atoms with E-state index in [1.807, 2.05) is 31.2 Å². The number of carbonyl (C=O) groups is 1. The summed E-state index contributed by atoms with van der Waals surface area (Å²) in [5.41, 5.74) is 1.20. The van der Waals surface area contributed by atoms with Crippen molar-refractivity contribution in [2.24, 2.45) is 7.05 Å². The quantitative estimate of drug-likeness (QED) is 0.620. The molecule has 3 aromatic rings. The number of hydrogen-bond acceptors (Lipinski definition) is 4. The van der Waals surface area contributed by atoms with Crippen LogP contribution in [-0.2, 0) is 7.05 Å². The highest BCUT2D eigenvalue weighted by Crippen LogP contribution is 2.18. The first-order valence-electron chi connectivity index (χ1n) is 8.40.